The normalized spacial score (nSPS) is 11.5. The zero-order chi connectivity index (χ0) is 31.7. The average molecular weight is 625 g/mol. The summed E-state index contributed by atoms with van der Waals surface area (Å²) in [6.07, 6.45) is 5.48. The van der Waals surface area contributed by atoms with Gasteiger partial charge in [0.15, 0.2) is 0 Å². The van der Waals surface area contributed by atoms with Crippen molar-refractivity contribution < 1.29 is 17.4 Å². The molecule has 0 fully saturated rings. The fourth-order valence-electron chi connectivity index (χ4n) is 5.58. The predicted molar refractivity (Wildman–Crippen MR) is 180 cm³/mol. The van der Waals surface area contributed by atoms with Gasteiger partial charge in [0, 0.05) is 58.7 Å². The molecule has 0 spiro atoms. The van der Waals surface area contributed by atoms with Crippen LogP contribution in [0, 0.1) is 0 Å². The smallest absolute Gasteiger partial charge is 0.339 e. The Morgan fingerprint density at radius 1 is 0.826 bits per heavy atom. The molecule has 0 saturated heterocycles. The largest absolute Gasteiger partial charge is 0.379 e. The van der Waals surface area contributed by atoms with E-state index in [1.807, 2.05) is 72.9 Å². The molecule has 0 aliphatic heterocycles. The molecule has 8 nitrogen and oxygen atoms in total. The molecule has 1 N–H and O–H groups in total. The maximum atomic E-state index is 13.0. The van der Waals surface area contributed by atoms with E-state index in [2.05, 4.69) is 9.97 Å². The molecule has 7 aromatic rings. The summed E-state index contributed by atoms with van der Waals surface area (Å²) in [7, 11) is -2.26. The topological polar surface area (TPSA) is 105 Å². The summed E-state index contributed by atoms with van der Waals surface area (Å²) in [5.41, 5.74) is 6.80. The van der Waals surface area contributed by atoms with E-state index in [1.165, 1.54) is 12.1 Å². The van der Waals surface area contributed by atoms with Crippen LogP contribution in [-0.2, 0) is 21.3 Å². The highest BCUT2D eigenvalue weighted by Gasteiger charge is 2.21. The van der Waals surface area contributed by atoms with Crippen molar-refractivity contribution in [1.29, 1.82) is 0 Å². The van der Waals surface area contributed by atoms with Gasteiger partial charge in [-0.1, -0.05) is 66.7 Å². The number of rotatable bonds is 8. The lowest BCUT2D eigenvalue weighted by Gasteiger charge is -2.18. The molecule has 226 valence electrons. The van der Waals surface area contributed by atoms with Crippen LogP contribution in [-0.4, -0.2) is 36.3 Å². The number of hydrogen-bond donors (Lipinski definition) is 1. The second kappa shape index (κ2) is 11.9. The van der Waals surface area contributed by atoms with Crippen LogP contribution in [0.5, 0.6) is 5.75 Å². The number of likely N-dealkylation sites (N-methyl/N-ethyl adjacent to an activating group) is 1. The average Bonchev–Trinajstić information content (AvgIpc) is 3.46. The van der Waals surface area contributed by atoms with Crippen molar-refractivity contribution in [3.63, 3.8) is 0 Å². The number of aromatic amines is 1. The molecule has 0 saturated carbocycles. The van der Waals surface area contributed by atoms with Crippen molar-refractivity contribution in [3.8, 4) is 28.0 Å². The Morgan fingerprint density at radius 3 is 2.28 bits per heavy atom. The standard InChI is InChI=1S/C37H28N4O4S/c1-41(34(42)21-25-9-8-20-38-23-25)28-16-14-26(15-17-28)32-24-39-37-36(35(32)27-10-4-2-5-11-27)31-22-29(18-19-33(31)40-37)45-46(43,44)30-12-6-3-7-13-30/h2-20,22-24H,21H2,1H3,(H,39,40). The van der Waals surface area contributed by atoms with Crippen molar-refractivity contribution in [2.24, 2.45) is 0 Å². The van der Waals surface area contributed by atoms with Crippen molar-refractivity contribution in [2.75, 3.05) is 11.9 Å². The Kier molecular flexibility index (Phi) is 7.52. The minimum Gasteiger partial charge on any atom is -0.379 e. The Balaban J connectivity index is 1.30. The number of carbonyl (C=O) groups is 1. The summed E-state index contributed by atoms with van der Waals surface area (Å²) in [5.74, 6) is 0.157. The lowest BCUT2D eigenvalue weighted by Crippen LogP contribution is -2.27. The second-order valence-electron chi connectivity index (χ2n) is 10.9. The number of hydrogen-bond acceptors (Lipinski definition) is 6. The van der Waals surface area contributed by atoms with E-state index in [4.69, 9.17) is 9.17 Å². The summed E-state index contributed by atoms with van der Waals surface area (Å²) in [4.78, 5) is 27.0. The van der Waals surface area contributed by atoms with Gasteiger partial charge in [-0.3, -0.25) is 9.78 Å². The Hall–Kier alpha value is -5.80. The Morgan fingerprint density at radius 2 is 1.57 bits per heavy atom. The van der Waals surface area contributed by atoms with Gasteiger partial charge >= 0.3 is 10.1 Å². The van der Waals surface area contributed by atoms with Gasteiger partial charge in [-0.05, 0) is 65.2 Å². The van der Waals surface area contributed by atoms with Crippen molar-refractivity contribution in [2.45, 2.75) is 11.3 Å². The molecule has 3 heterocycles. The number of fused-ring (bicyclic) bond motifs is 3. The van der Waals surface area contributed by atoms with Gasteiger partial charge in [-0.2, -0.15) is 8.42 Å². The first kappa shape index (κ1) is 28.9. The van der Waals surface area contributed by atoms with Crippen LogP contribution in [0.25, 0.3) is 44.2 Å². The number of amides is 1. The summed E-state index contributed by atoms with van der Waals surface area (Å²) in [6, 6.07) is 34.7. The highest BCUT2D eigenvalue weighted by atomic mass is 32.2. The lowest BCUT2D eigenvalue weighted by molar-refractivity contribution is -0.117. The summed E-state index contributed by atoms with van der Waals surface area (Å²) >= 11 is 0. The van der Waals surface area contributed by atoms with Crippen molar-refractivity contribution >= 4 is 43.6 Å². The molecule has 4 aromatic carbocycles. The number of carbonyl (C=O) groups excluding carboxylic acids is 1. The third kappa shape index (κ3) is 5.60. The molecule has 3 aromatic heterocycles. The molecule has 1 amide bonds. The summed E-state index contributed by atoms with van der Waals surface area (Å²) in [5, 5.41) is 1.62. The van der Waals surface area contributed by atoms with Crippen LogP contribution < -0.4 is 9.08 Å². The predicted octanol–water partition coefficient (Wildman–Crippen LogP) is 7.42. The van der Waals surface area contributed by atoms with Crippen LogP contribution in [0.2, 0.25) is 0 Å². The quantitative estimate of drug-likeness (QED) is 0.177. The van der Waals surface area contributed by atoms with E-state index >= 15 is 0 Å². The fourth-order valence-corrected chi connectivity index (χ4v) is 6.52. The molecule has 0 radical (unpaired) electrons. The van der Waals surface area contributed by atoms with E-state index in [9.17, 15) is 13.2 Å². The molecule has 9 heteroatoms. The van der Waals surface area contributed by atoms with Crippen molar-refractivity contribution in [3.05, 3.63) is 139 Å². The van der Waals surface area contributed by atoms with Gasteiger partial charge in [0.05, 0.1) is 6.42 Å². The lowest BCUT2D eigenvalue weighted by atomic mass is 9.92. The minimum absolute atomic E-state index is 0.0418. The van der Waals surface area contributed by atoms with Gasteiger partial charge in [-0.25, -0.2) is 4.98 Å². The number of benzene rings is 4. The molecule has 0 bridgehead atoms. The first-order chi connectivity index (χ1) is 22.4. The van der Waals surface area contributed by atoms with E-state index < -0.39 is 10.1 Å². The Bertz CT molecular complexity index is 2290. The minimum atomic E-state index is -4.02. The van der Waals surface area contributed by atoms with Crippen molar-refractivity contribution in [1.82, 2.24) is 15.0 Å². The molecule has 0 aliphatic carbocycles. The van der Waals surface area contributed by atoms with Crippen LogP contribution in [0.15, 0.2) is 139 Å². The van der Waals surface area contributed by atoms with Gasteiger partial charge in [0.25, 0.3) is 0 Å². The number of aromatic nitrogens is 3. The highest BCUT2D eigenvalue weighted by molar-refractivity contribution is 7.87. The van der Waals surface area contributed by atoms with E-state index in [1.54, 1.807) is 60.7 Å². The molecule has 0 unspecified atom stereocenters. The van der Waals surface area contributed by atoms with Crippen LogP contribution in [0.3, 0.4) is 0 Å². The van der Waals surface area contributed by atoms with Crippen LogP contribution in [0.1, 0.15) is 5.56 Å². The van der Waals surface area contributed by atoms with Gasteiger partial charge in [-0.15, -0.1) is 0 Å². The fraction of sp³-hybridized carbons (Fsp3) is 0.0541. The van der Waals surface area contributed by atoms with E-state index in [0.29, 0.717) is 5.65 Å². The monoisotopic (exact) mass is 624 g/mol. The maximum absolute atomic E-state index is 13.0. The third-order valence-corrected chi connectivity index (χ3v) is 9.17. The first-order valence-electron chi connectivity index (χ1n) is 14.6. The second-order valence-corrected chi connectivity index (χ2v) is 12.4. The third-order valence-electron chi connectivity index (χ3n) is 7.91. The molecule has 7 rings (SSSR count). The Labute approximate surface area is 266 Å². The number of H-pyrrole nitrogens is 1. The highest BCUT2D eigenvalue weighted by Crippen LogP contribution is 2.41. The first-order valence-corrected chi connectivity index (χ1v) is 16.0. The van der Waals surface area contributed by atoms with Gasteiger partial charge in [0.1, 0.15) is 16.3 Å². The number of pyridine rings is 2. The summed E-state index contributed by atoms with van der Waals surface area (Å²) < 4.78 is 31.6. The van der Waals surface area contributed by atoms with Crippen LogP contribution >= 0.6 is 0 Å². The molecule has 0 atom stereocenters. The van der Waals surface area contributed by atoms with Gasteiger partial charge < -0.3 is 14.1 Å². The zero-order valence-electron chi connectivity index (χ0n) is 24.8. The molecule has 46 heavy (non-hydrogen) atoms. The van der Waals surface area contributed by atoms with Gasteiger partial charge in [0.2, 0.25) is 5.91 Å². The molecular formula is C37H28N4O4S. The van der Waals surface area contributed by atoms with E-state index in [-0.39, 0.29) is 23.0 Å². The molecular weight excluding hydrogens is 596 g/mol. The number of anilines is 1. The maximum Gasteiger partial charge on any atom is 0.339 e. The van der Waals surface area contributed by atoms with Crippen LogP contribution in [0.4, 0.5) is 5.69 Å². The number of nitrogens with zero attached hydrogens (tertiary/aromatic N) is 3. The zero-order valence-corrected chi connectivity index (χ0v) is 25.6. The SMILES string of the molecule is CN(C(=O)Cc1cccnc1)c1ccc(-c2cnc3[nH]c4ccc(OS(=O)(=O)c5ccccc5)cc4c3c2-c2ccccc2)cc1. The molecule has 0 aliphatic rings. The number of nitrogens with one attached hydrogen (secondary N) is 1. The summed E-state index contributed by atoms with van der Waals surface area (Å²) in [6.45, 7) is 0. The van der Waals surface area contributed by atoms with E-state index in [0.717, 1.165) is 49.8 Å².